The van der Waals surface area contributed by atoms with Crippen molar-refractivity contribution in [3.63, 3.8) is 0 Å². The maximum Gasteiger partial charge on any atom is 0.337 e. The molecule has 0 aromatic heterocycles. The second-order valence-electron chi connectivity index (χ2n) is 2.86. The monoisotopic (exact) mass is 302 g/mol. The fourth-order valence-electron chi connectivity index (χ4n) is 1.30. The summed E-state index contributed by atoms with van der Waals surface area (Å²) in [6, 6.07) is -0.0182. The van der Waals surface area contributed by atoms with E-state index in [4.69, 9.17) is 0 Å². The summed E-state index contributed by atoms with van der Waals surface area (Å²) < 4.78 is 5.46. The zero-order valence-corrected chi connectivity index (χ0v) is 9.56. The van der Waals surface area contributed by atoms with Gasteiger partial charge in [0.2, 0.25) is 0 Å². The third-order valence-electron chi connectivity index (χ3n) is 2.02. The lowest BCUT2D eigenvalue weighted by molar-refractivity contribution is -0.135. The largest absolute Gasteiger partial charge is 0.465 e. The van der Waals surface area contributed by atoms with Gasteiger partial charge >= 0.3 is 5.97 Å². The molecule has 2 rings (SSSR count). The predicted molar refractivity (Wildman–Crippen MR) is 58.9 cm³/mol. The molecule has 5 heteroatoms. The number of hydrogen-bond acceptors (Lipinski definition) is 4. The molecule has 72 valence electrons. The van der Waals surface area contributed by atoms with Gasteiger partial charge in [0.15, 0.2) is 0 Å². The van der Waals surface area contributed by atoms with Crippen LogP contribution >= 0.6 is 22.6 Å². The number of hydrogen-bond donors (Lipinski definition) is 0. The van der Waals surface area contributed by atoms with Crippen LogP contribution in [-0.2, 0) is 9.53 Å². The van der Waals surface area contributed by atoms with E-state index in [0.29, 0.717) is 5.57 Å². The van der Waals surface area contributed by atoms with E-state index >= 15 is 0 Å². The lowest BCUT2D eigenvalue weighted by Gasteiger charge is -2.10. The second-order valence-corrected chi connectivity index (χ2v) is 3.88. The van der Waals surface area contributed by atoms with Gasteiger partial charge in [-0.3, -0.25) is 0 Å². The first-order valence-corrected chi connectivity index (χ1v) is 5.09. The van der Waals surface area contributed by atoms with E-state index < -0.39 is 0 Å². The molecule has 0 saturated heterocycles. The lowest BCUT2D eigenvalue weighted by atomic mass is 9.99. The molecule has 0 aromatic carbocycles. The van der Waals surface area contributed by atoms with Crippen LogP contribution in [0.5, 0.6) is 0 Å². The number of carbonyl (C=O) groups excluding carboxylic acids is 1. The Kier molecular flexibility index (Phi) is 2.49. The Labute approximate surface area is 94.6 Å². The normalized spacial score (nSPS) is 23.6. The minimum Gasteiger partial charge on any atom is -0.465 e. The molecule has 1 aliphatic heterocycles. The highest BCUT2D eigenvalue weighted by Gasteiger charge is 2.23. The number of halogens is 1. The van der Waals surface area contributed by atoms with Crippen molar-refractivity contribution in [3.8, 4) is 0 Å². The average Bonchev–Trinajstić information content (AvgIpc) is 2.59. The van der Waals surface area contributed by atoms with Crippen LogP contribution in [0, 0.1) is 0 Å². The van der Waals surface area contributed by atoms with Gasteiger partial charge in [0.05, 0.1) is 12.7 Å². The quantitative estimate of drug-likeness (QED) is 0.423. The van der Waals surface area contributed by atoms with Crippen LogP contribution in [0.15, 0.2) is 43.3 Å². The topological polar surface area (TPSA) is 51.0 Å². The average molecular weight is 302 g/mol. The molecule has 0 aromatic rings. The molecular formula is C9H7IN2O2. The fraction of sp³-hybridized carbons (Fsp3) is 0.222. The van der Waals surface area contributed by atoms with Crippen molar-refractivity contribution in [1.29, 1.82) is 0 Å². The van der Waals surface area contributed by atoms with Gasteiger partial charge in [-0.25, -0.2) is 4.79 Å². The Morgan fingerprint density at radius 1 is 1.64 bits per heavy atom. The minimum absolute atomic E-state index is 0.0182. The summed E-state index contributed by atoms with van der Waals surface area (Å²) in [5.74, 6) is -0.330. The zero-order chi connectivity index (χ0) is 10.1. The Bertz CT molecular complexity index is 407. The van der Waals surface area contributed by atoms with Gasteiger partial charge < -0.3 is 4.74 Å². The number of ether oxygens (including phenoxy) is 1. The molecule has 1 aliphatic carbocycles. The summed E-state index contributed by atoms with van der Waals surface area (Å²) in [6.45, 7) is 0. The highest BCUT2D eigenvalue weighted by atomic mass is 127. The smallest absolute Gasteiger partial charge is 0.337 e. The van der Waals surface area contributed by atoms with Crippen LogP contribution in [0.4, 0.5) is 0 Å². The van der Waals surface area contributed by atoms with Gasteiger partial charge in [0.1, 0.15) is 9.75 Å². The number of fused-ring (bicyclic) bond motifs is 1. The minimum atomic E-state index is -0.330. The van der Waals surface area contributed by atoms with Crippen molar-refractivity contribution in [3.05, 3.63) is 33.1 Å². The van der Waals surface area contributed by atoms with E-state index in [-0.39, 0.29) is 12.0 Å². The maximum atomic E-state index is 11.2. The maximum absolute atomic E-state index is 11.2. The van der Waals surface area contributed by atoms with Gasteiger partial charge in [-0.1, -0.05) is 6.08 Å². The van der Waals surface area contributed by atoms with Crippen molar-refractivity contribution >= 4 is 28.6 Å². The zero-order valence-electron chi connectivity index (χ0n) is 7.40. The SMILES string of the molecule is COC(=O)C1=CC2=C(I)N=N[C@@H]2C=C1. The summed E-state index contributed by atoms with van der Waals surface area (Å²) in [5, 5.41) is 7.96. The molecule has 0 radical (unpaired) electrons. The third kappa shape index (κ3) is 1.52. The molecule has 0 unspecified atom stereocenters. The van der Waals surface area contributed by atoms with Crippen molar-refractivity contribution < 1.29 is 9.53 Å². The Morgan fingerprint density at radius 2 is 2.43 bits per heavy atom. The van der Waals surface area contributed by atoms with Crippen LogP contribution in [-0.4, -0.2) is 19.1 Å². The van der Waals surface area contributed by atoms with Crippen LogP contribution < -0.4 is 0 Å². The molecule has 2 aliphatic rings. The molecule has 0 saturated carbocycles. The summed E-state index contributed by atoms with van der Waals surface area (Å²) in [4.78, 5) is 11.2. The number of azo groups is 1. The van der Waals surface area contributed by atoms with E-state index in [1.165, 1.54) is 7.11 Å². The Hall–Kier alpha value is -0.980. The molecular weight excluding hydrogens is 295 g/mol. The van der Waals surface area contributed by atoms with Crippen LogP contribution in [0.3, 0.4) is 0 Å². The highest BCUT2D eigenvalue weighted by molar-refractivity contribution is 14.1. The standard InChI is InChI=1S/C9H7IN2O2/c1-14-9(13)5-2-3-7-6(4-5)8(10)12-11-7/h2-4,7H,1H3/t7-/m1/s1. The van der Waals surface area contributed by atoms with E-state index in [9.17, 15) is 4.79 Å². The second kappa shape index (κ2) is 3.64. The van der Waals surface area contributed by atoms with E-state index in [0.717, 1.165) is 9.28 Å². The van der Waals surface area contributed by atoms with Crippen molar-refractivity contribution in [2.45, 2.75) is 6.04 Å². The molecule has 1 atom stereocenters. The summed E-state index contributed by atoms with van der Waals surface area (Å²) in [5.41, 5.74) is 1.51. The Morgan fingerprint density at radius 3 is 3.14 bits per heavy atom. The van der Waals surface area contributed by atoms with Gasteiger partial charge in [-0.2, -0.15) is 5.11 Å². The molecule has 0 spiro atoms. The molecule has 0 N–H and O–H groups in total. The summed E-state index contributed by atoms with van der Waals surface area (Å²) in [6.07, 6.45) is 5.34. The van der Waals surface area contributed by atoms with Crippen molar-refractivity contribution in [2.24, 2.45) is 10.2 Å². The van der Waals surface area contributed by atoms with Gasteiger partial charge in [0, 0.05) is 5.57 Å². The molecule has 0 bridgehead atoms. The first kappa shape index (κ1) is 9.57. The number of carbonyl (C=O) groups is 1. The van der Waals surface area contributed by atoms with Gasteiger partial charge in [0.25, 0.3) is 0 Å². The lowest BCUT2D eigenvalue weighted by Crippen LogP contribution is -2.10. The van der Waals surface area contributed by atoms with Crippen molar-refractivity contribution in [2.75, 3.05) is 7.11 Å². The summed E-state index contributed by atoms with van der Waals surface area (Å²) >= 11 is 2.10. The van der Waals surface area contributed by atoms with Gasteiger partial charge in [-0.05, 0) is 34.7 Å². The Balaban J connectivity index is 2.34. The molecule has 0 amide bonds. The van der Waals surface area contributed by atoms with E-state index in [1.807, 2.05) is 6.08 Å². The molecule has 14 heavy (non-hydrogen) atoms. The third-order valence-corrected chi connectivity index (χ3v) is 2.86. The van der Waals surface area contributed by atoms with Crippen LogP contribution in [0.2, 0.25) is 0 Å². The van der Waals surface area contributed by atoms with Crippen LogP contribution in [0.25, 0.3) is 0 Å². The molecule has 4 nitrogen and oxygen atoms in total. The predicted octanol–water partition coefficient (Wildman–Crippen LogP) is 2.14. The first-order valence-electron chi connectivity index (χ1n) is 4.01. The number of rotatable bonds is 1. The molecule has 0 fully saturated rings. The number of esters is 1. The highest BCUT2D eigenvalue weighted by Crippen LogP contribution is 2.32. The van der Waals surface area contributed by atoms with Gasteiger partial charge in [-0.15, -0.1) is 5.11 Å². The first-order chi connectivity index (χ1) is 6.72. The van der Waals surface area contributed by atoms with E-state index in [2.05, 4.69) is 37.6 Å². The number of methoxy groups -OCH3 is 1. The summed E-state index contributed by atoms with van der Waals surface area (Å²) in [7, 11) is 1.37. The van der Waals surface area contributed by atoms with Crippen molar-refractivity contribution in [1.82, 2.24) is 0 Å². The number of nitrogens with zero attached hydrogens (tertiary/aromatic N) is 2. The van der Waals surface area contributed by atoms with Crippen LogP contribution in [0.1, 0.15) is 0 Å². The molecule has 1 heterocycles. The fourth-order valence-corrected chi connectivity index (χ4v) is 1.90. The van der Waals surface area contributed by atoms with E-state index in [1.54, 1.807) is 12.2 Å².